The molecule has 0 amide bonds. The normalized spacial score (nSPS) is 14.2. The standard InChI is InChI=1S/C15H29O4P/c1-13(2)7-5-8-14(3)9-6-10-15(4)11-12-19-20(16,17)18/h7,9,15H,5-6,8,10-12H2,1-4H3,(H2,16,17,18)/b14-9+. The highest BCUT2D eigenvalue weighted by Crippen LogP contribution is 2.36. The van der Waals surface area contributed by atoms with Crippen LogP contribution in [0.3, 0.4) is 0 Å². The zero-order chi connectivity index (χ0) is 15.6. The first-order chi connectivity index (χ1) is 9.20. The van der Waals surface area contributed by atoms with Gasteiger partial charge >= 0.3 is 7.82 Å². The molecule has 0 aliphatic rings. The Labute approximate surface area is 123 Å². The first-order valence-electron chi connectivity index (χ1n) is 7.20. The largest absolute Gasteiger partial charge is 0.469 e. The van der Waals surface area contributed by atoms with Gasteiger partial charge in [0.25, 0.3) is 0 Å². The number of rotatable bonds is 10. The Bertz CT molecular complexity index is 364. The number of hydrogen-bond donors (Lipinski definition) is 2. The summed E-state index contributed by atoms with van der Waals surface area (Å²) < 4.78 is 15.0. The topological polar surface area (TPSA) is 66.8 Å². The van der Waals surface area contributed by atoms with E-state index < -0.39 is 7.82 Å². The van der Waals surface area contributed by atoms with Crippen LogP contribution >= 0.6 is 7.82 Å². The maximum atomic E-state index is 10.5. The summed E-state index contributed by atoms with van der Waals surface area (Å²) >= 11 is 0. The average Bonchev–Trinajstić information content (AvgIpc) is 2.26. The molecule has 0 saturated carbocycles. The molecule has 0 aromatic heterocycles. The van der Waals surface area contributed by atoms with Crippen LogP contribution in [0.25, 0.3) is 0 Å². The van der Waals surface area contributed by atoms with Crippen LogP contribution in [-0.2, 0) is 9.09 Å². The lowest BCUT2D eigenvalue weighted by Crippen LogP contribution is -2.00. The smallest absolute Gasteiger partial charge is 0.303 e. The van der Waals surface area contributed by atoms with Crippen LogP contribution in [0.2, 0.25) is 0 Å². The molecule has 1 unspecified atom stereocenters. The highest BCUT2D eigenvalue weighted by atomic mass is 31.2. The molecule has 2 N–H and O–H groups in total. The molecule has 0 aromatic carbocycles. The Morgan fingerprint density at radius 1 is 1.15 bits per heavy atom. The van der Waals surface area contributed by atoms with Gasteiger partial charge in [-0.2, -0.15) is 0 Å². The summed E-state index contributed by atoms with van der Waals surface area (Å²) in [5.41, 5.74) is 2.76. The van der Waals surface area contributed by atoms with E-state index in [1.54, 1.807) is 0 Å². The predicted molar refractivity (Wildman–Crippen MR) is 83.4 cm³/mol. The van der Waals surface area contributed by atoms with Crippen molar-refractivity contribution in [1.82, 2.24) is 0 Å². The SMILES string of the molecule is CC(C)=CCC/C(C)=C/CCC(C)CCOP(=O)(O)O. The van der Waals surface area contributed by atoms with E-state index in [2.05, 4.69) is 44.4 Å². The van der Waals surface area contributed by atoms with Crippen molar-refractivity contribution in [3.63, 3.8) is 0 Å². The molecule has 20 heavy (non-hydrogen) atoms. The van der Waals surface area contributed by atoms with Gasteiger partial charge in [0, 0.05) is 0 Å². The van der Waals surface area contributed by atoms with Crippen LogP contribution in [-0.4, -0.2) is 16.4 Å². The third-order valence-corrected chi connectivity index (χ3v) is 3.63. The van der Waals surface area contributed by atoms with Crippen molar-refractivity contribution in [3.8, 4) is 0 Å². The summed E-state index contributed by atoms with van der Waals surface area (Å²) in [5.74, 6) is 0.406. The van der Waals surface area contributed by atoms with E-state index in [4.69, 9.17) is 9.79 Å². The minimum atomic E-state index is -4.30. The van der Waals surface area contributed by atoms with Gasteiger partial charge in [0.05, 0.1) is 6.61 Å². The third kappa shape index (κ3) is 14.0. The average molecular weight is 304 g/mol. The van der Waals surface area contributed by atoms with Gasteiger partial charge in [-0.15, -0.1) is 0 Å². The molecule has 0 aliphatic carbocycles. The van der Waals surface area contributed by atoms with Gasteiger partial charge in [-0.3, -0.25) is 4.52 Å². The van der Waals surface area contributed by atoms with Crippen LogP contribution < -0.4 is 0 Å². The van der Waals surface area contributed by atoms with Crippen molar-refractivity contribution in [2.45, 2.75) is 59.8 Å². The van der Waals surface area contributed by atoms with Crippen LogP contribution in [0.15, 0.2) is 23.3 Å². The highest BCUT2D eigenvalue weighted by molar-refractivity contribution is 7.46. The summed E-state index contributed by atoms with van der Waals surface area (Å²) in [6, 6.07) is 0. The quantitative estimate of drug-likeness (QED) is 0.457. The zero-order valence-corrected chi connectivity index (χ0v) is 14.0. The number of allylic oxidation sites excluding steroid dienone is 4. The molecule has 0 bridgehead atoms. The first-order valence-corrected chi connectivity index (χ1v) is 8.73. The number of phosphoric ester groups is 1. The molecule has 0 rings (SSSR count). The van der Waals surface area contributed by atoms with E-state index in [0.717, 1.165) is 25.7 Å². The van der Waals surface area contributed by atoms with E-state index >= 15 is 0 Å². The van der Waals surface area contributed by atoms with Crippen molar-refractivity contribution in [2.24, 2.45) is 5.92 Å². The molecule has 1 atom stereocenters. The second kappa shape index (κ2) is 10.3. The Kier molecular flexibility index (Phi) is 10.1. The van der Waals surface area contributed by atoms with E-state index in [-0.39, 0.29) is 6.61 Å². The molecular weight excluding hydrogens is 275 g/mol. The fourth-order valence-corrected chi connectivity index (χ4v) is 2.17. The maximum Gasteiger partial charge on any atom is 0.469 e. The molecule has 0 aliphatic heterocycles. The number of phosphoric acid groups is 1. The molecule has 0 heterocycles. The monoisotopic (exact) mass is 304 g/mol. The van der Waals surface area contributed by atoms with E-state index in [9.17, 15) is 4.57 Å². The van der Waals surface area contributed by atoms with Crippen molar-refractivity contribution < 1.29 is 18.9 Å². The lowest BCUT2D eigenvalue weighted by molar-refractivity contribution is 0.185. The van der Waals surface area contributed by atoms with Gasteiger partial charge in [-0.25, -0.2) is 4.57 Å². The van der Waals surface area contributed by atoms with E-state index in [1.165, 1.54) is 11.1 Å². The lowest BCUT2D eigenvalue weighted by Gasteiger charge is -2.11. The summed E-state index contributed by atoms with van der Waals surface area (Å²) in [4.78, 5) is 17.2. The fourth-order valence-electron chi connectivity index (χ4n) is 1.82. The molecule has 0 fully saturated rings. The van der Waals surface area contributed by atoms with Gasteiger partial charge in [0.1, 0.15) is 0 Å². The third-order valence-electron chi connectivity index (χ3n) is 3.11. The van der Waals surface area contributed by atoms with Crippen LogP contribution in [0.4, 0.5) is 0 Å². The predicted octanol–water partition coefficient (Wildman–Crippen LogP) is 4.59. The summed E-state index contributed by atoms with van der Waals surface area (Å²) in [7, 11) is -4.30. The lowest BCUT2D eigenvalue weighted by atomic mass is 10.0. The maximum absolute atomic E-state index is 10.5. The van der Waals surface area contributed by atoms with Gasteiger partial charge in [-0.05, 0) is 58.8 Å². The molecule has 0 spiro atoms. The summed E-state index contributed by atoms with van der Waals surface area (Å²) in [5, 5.41) is 0. The fraction of sp³-hybridized carbons (Fsp3) is 0.733. The highest BCUT2D eigenvalue weighted by Gasteiger charge is 2.13. The molecule has 0 radical (unpaired) electrons. The van der Waals surface area contributed by atoms with Crippen molar-refractivity contribution in [2.75, 3.05) is 6.61 Å². The van der Waals surface area contributed by atoms with Crippen LogP contribution in [0, 0.1) is 5.92 Å². The molecule has 118 valence electrons. The van der Waals surface area contributed by atoms with Crippen molar-refractivity contribution in [1.29, 1.82) is 0 Å². The molecule has 0 aromatic rings. The van der Waals surface area contributed by atoms with Crippen LogP contribution in [0.1, 0.15) is 59.8 Å². The van der Waals surface area contributed by atoms with Gasteiger partial charge < -0.3 is 9.79 Å². The Morgan fingerprint density at radius 2 is 1.80 bits per heavy atom. The molecule has 0 saturated heterocycles. The summed E-state index contributed by atoms with van der Waals surface area (Å²) in [6.45, 7) is 8.57. The molecule has 4 nitrogen and oxygen atoms in total. The molecular formula is C15H29O4P. The van der Waals surface area contributed by atoms with Gasteiger partial charge in [-0.1, -0.05) is 30.2 Å². The molecule has 5 heteroatoms. The van der Waals surface area contributed by atoms with Gasteiger partial charge in [0.2, 0.25) is 0 Å². The second-order valence-electron chi connectivity index (χ2n) is 5.67. The Morgan fingerprint density at radius 3 is 2.35 bits per heavy atom. The van der Waals surface area contributed by atoms with Crippen molar-refractivity contribution in [3.05, 3.63) is 23.3 Å². The van der Waals surface area contributed by atoms with Gasteiger partial charge in [0.15, 0.2) is 0 Å². The minimum absolute atomic E-state index is 0.120. The summed E-state index contributed by atoms with van der Waals surface area (Å²) in [6.07, 6.45) is 9.41. The van der Waals surface area contributed by atoms with E-state index in [1.807, 2.05) is 0 Å². The van der Waals surface area contributed by atoms with Crippen molar-refractivity contribution >= 4 is 7.82 Å². The first kappa shape index (κ1) is 19.6. The van der Waals surface area contributed by atoms with E-state index in [0.29, 0.717) is 12.3 Å². The Hall–Kier alpha value is -0.410. The number of hydrogen-bond acceptors (Lipinski definition) is 2. The second-order valence-corrected chi connectivity index (χ2v) is 6.90. The van der Waals surface area contributed by atoms with Crippen LogP contribution in [0.5, 0.6) is 0 Å². The zero-order valence-electron chi connectivity index (χ0n) is 13.1. The Balaban J connectivity index is 3.75. The minimum Gasteiger partial charge on any atom is -0.303 e.